The molecule has 9 heavy (non-hydrogen) atoms. The second-order valence-electron chi connectivity index (χ2n) is 2.48. The predicted molar refractivity (Wildman–Crippen MR) is 30.7 cm³/mol. The predicted octanol–water partition coefficient (Wildman–Crippen LogP) is -0.583. The highest BCUT2D eigenvalue weighted by molar-refractivity contribution is 7.74. The van der Waals surface area contributed by atoms with Gasteiger partial charge in [-0.3, -0.25) is 0 Å². The van der Waals surface area contributed by atoms with Crippen LogP contribution in [0.25, 0.3) is 0 Å². The van der Waals surface area contributed by atoms with Gasteiger partial charge in [-0.15, -0.1) is 13.2 Å². The van der Waals surface area contributed by atoms with Gasteiger partial charge in [-0.1, -0.05) is 0 Å². The van der Waals surface area contributed by atoms with Crippen LogP contribution < -0.4 is 24.0 Å². The van der Waals surface area contributed by atoms with Gasteiger partial charge in [-0.25, -0.2) is 0 Å². The van der Waals surface area contributed by atoms with Crippen LogP contribution in [0.2, 0.25) is 0 Å². The molecule has 0 spiro atoms. The van der Waals surface area contributed by atoms with Gasteiger partial charge in [0.15, 0.2) is 0 Å². The van der Waals surface area contributed by atoms with Crippen molar-refractivity contribution in [1.29, 1.82) is 0 Å². The van der Waals surface area contributed by atoms with E-state index in [1.807, 2.05) is 0 Å². The molecule has 0 amide bonds. The number of rotatable bonds is 0. The average molecular weight is 272 g/mol. The van der Waals surface area contributed by atoms with E-state index in [-0.39, 0.29) is 24.0 Å². The lowest BCUT2D eigenvalue weighted by Gasteiger charge is -2.13. The van der Waals surface area contributed by atoms with Crippen molar-refractivity contribution in [3.63, 3.8) is 0 Å². The van der Waals surface area contributed by atoms with Crippen LogP contribution in [-0.4, -0.2) is 25.9 Å². The number of alkyl halides is 3. The summed E-state index contributed by atoms with van der Waals surface area (Å²) in [6.07, 6.45) is 0. The molecule has 0 saturated carbocycles. The van der Waals surface area contributed by atoms with Crippen molar-refractivity contribution in [1.82, 2.24) is 0 Å². The summed E-state index contributed by atoms with van der Waals surface area (Å²) in [6, 6.07) is 0. The molecule has 0 N–H and O–H groups in total. The molecule has 0 nitrogen and oxygen atoms in total. The summed E-state index contributed by atoms with van der Waals surface area (Å²) in [6.45, 7) is 3.77. The van der Waals surface area contributed by atoms with Crippen molar-refractivity contribution < 1.29 is 37.1 Å². The maximum absolute atomic E-state index is 11.6. The van der Waals surface area contributed by atoms with Crippen molar-refractivity contribution in [2.75, 3.05) is 20.0 Å². The summed E-state index contributed by atoms with van der Waals surface area (Å²) in [5.41, 5.74) is 0. The Morgan fingerprint density at radius 3 is 1.11 bits per heavy atom. The third-order valence-corrected chi connectivity index (χ3v) is 2.28. The highest BCUT2D eigenvalue weighted by atomic mass is 127. The zero-order valence-corrected chi connectivity index (χ0v) is 8.51. The minimum Gasteiger partial charge on any atom is -1.00 e. The molecular weight excluding hydrogens is 263 g/mol. The average Bonchev–Trinajstić information content (AvgIpc) is 1.25. The summed E-state index contributed by atoms with van der Waals surface area (Å²) in [5.74, 6) is -3.95. The van der Waals surface area contributed by atoms with Gasteiger partial charge in [0.25, 0.3) is 0 Å². The quantitative estimate of drug-likeness (QED) is 0.409. The Morgan fingerprint density at radius 2 is 1.11 bits per heavy atom. The zero-order chi connectivity index (χ0) is 7.00. The summed E-state index contributed by atoms with van der Waals surface area (Å²) >= 11 is 0. The van der Waals surface area contributed by atoms with E-state index in [2.05, 4.69) is 0 Å². The van der Waals surface area contributed by atoms with E-state index >= 15 is 0 Å². The molecule has 0 aromatic rings. The third-order valence-electron chi connectivity index (χ3n) is 0.761. The standard InChI is InChI=1S/C4H9F3P.HI/c1-8(2,3)4(5,6)7;/h1-3H3;1H/q+1;/p-1. The smallest absolute Gasteiger partial charge is 0.507 e. The summed E-state index contributed by atoms with van der Waals surface area (Å²) in [7, 11) is -2.60. The summed E-state index contributed by atoms with van der Waals surface area (Å²) < 4.78 is 34.8. The summed E-state index contributed by atoms with van der Waals surface area (Å²) in [4.78, 5) is 0. The lowest BCUT2D eigenvalue weighted by molar-refractivity contribution is -0.0422. The zero-order valence-electron chi connectivity index (χ0n) is 5.46. The van der Waals surface area contributed by atoms with E-state index in [0.29, 0.717) is 0 Å². The molecule has 0 fully saturated rings. The first-order valence-electron chi connectivity index (χ1n) is 2.13. The van der Waals surface area contributed by atoms with Crippen LogP contribution in [0.5, 0.6) is 0 Å². The maximum Gasteiger partial charge on any atom is 0.507 e. The van der Waals surface area contributed by atoms with Gasteiger partial charge in [-0.2, -0.15) is 0 Å². The van der Waals surface area contributed by atoms with Crippen LogP contribution in [-0.2, 0) is 0 Å². The number of halogens is 4. The molecule has 0 unspecified atom stereocenters. The highest BCUT2D eigenvalue weighted by Gasteiger charge is 2.51. The fourth-order valence-electron chi connectivity index (χ4n) is 0. The van der Waals surface area contributed by atoms with Gasteiger partial charge >= 0.3 is 5.92 Å². The van der Waals surface area contributed by atoms with E-state index in [4.69, 9.17) is 0 Å². The molecule has 0 heterocycles. The van der Waals surface area contributed by atoms with Gasteiger partial charge in [0.2, 0.25) is 0 Å². The minimum atomic E-state index is -3.95. The Bertz CT molecular complexity index is 70.8. The van der Waals surface area contributed by atoms with Crippen molar-refractivity contribution in [2.24, 2.45) is 0 Å². The molecule has 0 aromatic carbocycles. The normalized spacial score (nSPS) is 12.7. The van der Waals surface area contributed by atoms with Gasteiger partial charge in [0, 0.05) is 0 Å². The van der Waals surface area contributed by atoms with Crippen molar-refractivity contribution in [3.8, 4) is 0 Å². The maximum atomic E-state index is 11.6. The molecule has 0 aliphatic rings. The summed E-state index contributed by atoms with van der Waals surface area (Å²) in [5, 5.41) is 0. The van der Waals surface area contributed by atoms with E-state index < -0.39 is 13.2 Å². The van der Waals surface area contributed by atoms with E-state index in [1.54, 1.807) is 0 Å². The second kappa shape index (κ2) is 3.37. The van der Waals surface area contributed by atoms with Crippen LogP contribution >= 0.6 is 7.26 Å². The molecule has 0 aliphatic heterocycles. The lowest BCUT2D eigenvalue weighted by atomic mass is 11.5. The first-order valence-corrected chi connectivity index (χ1v) is 5.26. The Labute approximate surface area is 70.6 Å². The molecule has 58 valence electrons. The minimum absolute atomic E-state index is 0. The largest absolute Gasteiger partial charge is 1.00 e. The Morgan fingerprint density at radius 1 is 1.00 bits per heavy atom. The molecular formula is C4H9F3IP. The van der Waals surface area contributed by atoms with Gasteiger partial charge in [-0.05, 0) is 0 Å². The van der Waals surface area contributed by atoms with Gasteiger partial charge in [0.1, 0.15) is 7.26 Å². The van der Waals surface area contributed by atoms with E-state index in [0.717, 1.165) is 0 Å². The molecule has 0 aliphatic carbocycles. The van der Waals surface area contributed by atoms with Crippen LogP contribution in [0.15, 0.2) is 0 Å². The van der Waals surface area contributed by atoms with Crippen molar-refractivity contribution in [2.45, 2.75) is 5.92 Å². The van der Waals surface area contributed by atoms with Crippen LogP contribution in [0.1, 0.15) is 0 Å². The molecule has 0 saturated heterocycles. The van der Waals surface area contributed by atoms with Gasteiger partial charge < -0.3 is 24.0 Å². The topological polar surface area (TPSA) is 0 Å². The first kappa shape index (κ1) is 12.6. The van der Waals surface area contributed by atoms with Crippen molar-refractivity contribution in [3.05, 3.63) is 0 Å². The second-order valence-corrected chi connectivity index (χ2v) is 7.01. The Hall–Kier alpha value is 0.950. The SMILES string of the molecule is C[P+](C)(C)C(F)(F)F.[I-]. The fraction of sp³-hybridized carbons (Fsp3) is 1.00. The first-order chi connectivity index (χ1) is 3.25. The third kappa shape index (κ3) is 4.37. The monoisotopic (exact) mass is 272 g/mol. The van der Waals surface area contributed by atoms with Crippen molar-refractivity contribution >= 4 is 7.26 Å². The van der Waals surface area contributed by atoms with Gasteiger partial charge in [0.05, 0.1) is 20.0 Å². The molecule has 5 heteroatoms. The Kier molecular flexibility index (Phi) is 4.73. The fourth-order valence-corrected chi connectivity index (χ4v) is 0. The molecule has 0 atom stereocenters. The number of hydrogen-bond donors (Lipinski definition) is 0. The van der Waals surface area contributed by atoms with Crippen LogP contribution in [0.4, 0.5) is 13.2 Å². The van der Waals surface area contributed by atoms with Crippen LogP contribution in [0.3, 0.4) is 0 Å². The molecule has 0 bridgehead atoms. The van der Waals surface area contributed by atoms with Crippen LogP contribution in [0, 0.1) is 0 Å². The lowest BCUT2D eigenvalue weighted by Crippen LogP contribution is -3.00. The number of hydrogen-bond acceptors (Lipinski definition) is 0. The van der Waals surface area contributed by atoms with E-state index in [1.165, 1.54) is 20.0 Å². The molecule has 0 rings (SSSR count). The highest BCUT2D eigenvalue weighted by Crippen LogP contribution is 2.62. The Balaban J connectivity index is 0. The molecule has 0 aromatic heterocycles. The van der Waals surface area contributed by atoms with E-state index in [9.17, 15) is 13.2 Å². The molecule has 0 radical (unpaired) electrons.